The van der Waals surface area contributed by atoms with E-state index in [4.69, 9.17) is 11.5 Å². The van der Waals surface area contributed by atoms with E-state index in [1.165, 1.54) is 6.20 Å². The lowest BCUT2D eigenvalue weighted by atomic mass is 10.1. The molecule has 0 saturated carbocycles. The second-order valence-corrected chi connectivity index (χ2v) is 3.74. The van der Waals surface area contributed by atoms with Gasteiger partial charge in [0, 0.05) is 0 Å². The van der Waals surface area contributed by atoms with Gasteiger partial charge in [0.25, 0.3) is 0 Å². The van der Waals surface area contributed by atoms with Crippen molar-refractivity contribution in [2.45, 2.75) is 0 Å². The summed E-state index contributed by atoms with van der Waals surface area (Å²) < 4.78 is 14.0. The van der Waals surface area contributed by atoms with Crippen LogP contribution in [-0.4, -0.2) is 4.98 Å². The van der Waals surface area contributed by atoms with E-state index in [1.54, 1.807) is 12.1 Å². The van der Waals surface area contributed by atoms with E-state index in [9.17, 15) is 4.39 Å². The predicted molar refractivity (Wildman–Crippen MR) is 58.2 cm³/mol. The highest BCUT2D eigenvalue weighted by Gasteiger charge is 2.10. The molecule has 0 bridgehead atoms. The number of benzene rings is 1. The Morgan fingerprint density at radius 2 is 2.00 bits per heavy atom. The van der Waals surface area contributed by atoms with Crippen molar-refractivity contribution >= 4 is 38.2 Å². The molecule has 14 heavy (non-hydrogen) atoms. The fourth-order valence-electron chi connectivity index (χ4n) is 1.26. The van der Waals surface area contributed by atoms with Crippen molar-refractivity contribution in [2.75, 3.05) is 11.5 Å². The number of nitrogens with zero attached hydrogens (tertiary/aromatic N) is 1. The monoisotopic (exact) mass is 255 g/mol. The Hall–Kier alpha value is -1.36. The molecule has 0 atom stereocenters. The number of nitrogens with two attached hydrogens (primary N) is 2. The number of hydrogen-bond donors (Lipinski definition) is 2. The summed E-state index contributed by atoms with van der Waals surface area (Å²) in [7, 11) is 0. The van der Waals surface area contributed by atoms with Crippen molar-refractivity contribution < 1.29 is 4.39 Å². The average molecular weight is 256 g/mol. The summed E-state index contributed by atoms with van der Waals surface area (Å²) in [6, 6.07) is 3.26. The third kappa shape index (κ3) is 1.21. The molecule has 0 saturated heterocycles. The van der Waals surface area contributed by atoms with Gasteiger partial charge in [0.05, 0.1) is 32.9 Å². The van der Waals surface area contributed by atoms with Crippen molar-refractivity contribution in [1.82, 2.24) is 4.98 Å². The van der Waals surface area contributed by atoms with Crippen LogP contribution < -0.4 is 11.5 Å². The minimum absolute atomic E-state index is 0.230. The summed E-state index contributed by atoms with van der Waals surface area (Å²) in [5.74, 6) is -0.431. The first-order chi connectivity index (χ1) is 6.61. The van der Waals surface area contributed by atoms with Gasteiger partial charge in [-0.15, -0.1) is 0 Å². The summed E-state index contributed by atoms with van der Waals surface area (Å²) >= 11 is 3.08. The molecule has 0 fully saturated rings. The number of hydrogen-bond acceptors (Lipinski definition) is 3. The highest BCUT2D eigenvalue weighted by molar-refractivity contribution is 9.10. The van der Waals surface area contributed by atoms with Gasteiger partial charge >= 0.3 is 0 Å². The molecule has 2 aromatic rings. The lowest BCUT2D eigenvalue weighted by Crippen LogP contribution is -1.98. The number of aromatic nitrogens is 1. The zero-order valence-electron chi connectivity index (χ0n) is 7.09. The van der Waals surface area contributed by atoms with Crippen LogP contribution in [0.5, 0.6) is 0 Å². The first-order valence-electron chi connectivity index (χ1n) is 3.89. The van der Waals surface area contributed by atoms with Crippen molar-refractivity contribution in [1.29, 1.82) is 0 Å². The Bertz CT molecular complexity index is 470. The first-order valence-corrected chi connectivity index (χ1v) is 4.68. The number of rotatable bonds is 0. The molecule has 3 nitrogen and oxygen atoms in total. The third-order valence-corrected chi connectivity index (χ3v) is 2.61. The SMILES string of the molecule is Nc1cnc2ccc(Br)c(F)c2c1N. The summed E-state index contributed by atoms with van der Waals surface area (Å²) in [6.45, 7) is 0. The van der Waals surface area contributed by atoms with Crippen LogP contribution >= 0.6 is 15.9 Å². The highest BCUT2D eigenvalue weighted by atomic mass is 79.9. The van der Waals surface area contributed by atoms with Crippen LogP contribution in [0.4, 0.5) is 15.8 Å². The first kappa shape index (κ1) is 9.21. The van der Waals surface area contributed by atoms with Crippen molar-refractivity contribution in [3.63, 3.8) is 0 Å². The molecule has 2 rings (SSSR count). The van der Waals surface area contributed by atoms with Crippen LogP contribution in [0.2, 0.25) is 0 Å². The van der Waals surface area contributed by atoms with E-state index in [2.05, 4.69) is 20.9 Å². The topological polar surface area (TPSA) is 64.9 Å². The zero-order valence-corrected chi connectivity index (χ0v) is 8.68. The smallest absolute Gasteiger partial charge is 0.148 e. The van der Waals surface area contributed by atoms with Gasteiger partial charge in [0.2, 0.25) is 0 Å². The Labute approximate surface area is 88.0 Å². The van der Waals surface area contributed by atoms with Gasteiger partial charge in [-0.25, -0.2) is 4.39 Å². The molecule has 0 unspecified atom stereocenters. The molecule has 0 amide bonds. The van der Waals surface area contributed by atoms with Gasteiger partial charge in [0.1, 0.15) is 5.82 Å². The molecule has 5 heteroatoms. The number of anilines is 2. The van der Waals surface area contributed by atoms with E-state index in [1.807, 2.05) is 0 Å². The Kier molecular flexibility index (Phi) is 2.03. The van der Waals surface area contributed by atoms with Gasteiger partial charge in [-0.2, -0.15) is 0 Å². The molecule has 1 aromatic carbocycles. The zero-order chi connectivity index (χ0) is 10.3. The minimum atomic E-state index is -0.431. The van der Waals surface area contributed by atoms with Crippen LogP contribution in [-0.2, 0) is 0 Å². The lowest BCUT2D eigenvalue weighted by molar-refractivity contribution is 0.633. The average Bonchev–Trinajstić information content (AvgIpc) is 2.17. The van der Waals surface area contributed by atoms with Crippen LogP contribution in [0.25, 0.3) is 10.9 Å². The molecule has 0 aliphatic heterocycles. The number of nitrogen functional groups attached to an aromatic ring is 2. The summed E-state index contributed by atoms with van der Waals surface area (Å²) in [5, 5.41) is 0.263. The third-order valence-electron chi connectivity index (χ3n) is 2.00. The van der Waals surface area contributed by atoms with Crippen molar-refractivity contribution in [3.05, 3.63) is 28.6 Å². The maximum absolute atomic E-state index is 13.6. The Balaban J connectivity index is 2.98. The van der Waals surface area contributed by atoms with Gasteiger partial charge < -0.3 is 11.5 Å². The van der Waals surface area contributed by atoms with E-state index < -0.39 is 5.82 Å². The molecule has 0 spiro atoms. The standard InChI is InChI=1S/C9H7BrFN3/c10-4-1-2-6-7(8(4)11)9(13)5(12)3-14-6/h1-3H,12H2,(H2,13,14). The number of halogens is 2. The largest absolute Gasteiger partial charge is 0.396 e. The molecular weight excluding hydrogens is 249 g/mol. The van der Waals surface area contributed by atoms with Gasteiger partial charge in [-0.1, -0.05) is 0 Å². The van der Waals surface area contributed by atoms with Crippen molar-refractivity contribution in [2.24, 2.45) is 0 Å². The van der Waals surface area contributed by atoms with Gasteiger partial charge in [-0.05, 0) is 28.1 Å². The van der Waals surface area contributed by atoms with Crippen LogP contribution in [0, 0.1) is 5.82 Å². The van der Waals surface area contributed by atoms with Crippen molar-refractivity contribution in [3.8, 4) is 0 Å². The highest BCUT2D eigenvalue weighted by Crippen LogP contribution is 2.30. The molecule has 72 valence electrons. The normalized spacial score (nSPS) is 10.7. The second-order valence-electron chi connectivity index (χ2n) is 2.88. The Morgan fingerprint density at radius 1 is 1.29 bits per heavy atom. The van der Waals surface area contributed by atoms with E-state index >= 15 is 0 Å². The second kappa shape index (κ2) is 3.09. The maximum Gasteiger partial charge on any atom is 0.148 e. The van der Waals surface area contributed by atoms with E-state index in [-0.39, 0.29) is 16.8 Å². The number of fused-ring (bicyclic) bond motifs is 1. The summed E-state index contributed by atoms with van der Waals surface area (Å²) in [5.41, 5.74) is 12.2. The molecule has 1 heterocycles. The maximum atomic E-state index is 13.6. The number of pyridine rings is 1. The molecule has 4 N–H and O–H groups in total. The van der Waals surface area contributed by atoms with E-state index in [0.717, 1.165) is 0 Å². The molecule has 1 aromatic heterocycles. The fourth-order valence-corrected chi connectivity index (χ4v) is 1.59. The van der Waals surface area contributed by atoms with Gasteiger partial charge in [0.15, 0.2) is 0 Å². The Morgan fingerprint density at radius 3 is 2.71 bits per heavy atom. The minimum Gasteiger partial charge on any atom is -0.396 e. The molecular formula is C9H7BrFN3. The lowest BCUT2D eigenvalue weighted by Gasteiger charge is -2.06. The van der Waals surface area contributed by atoms with Crippen LogP contribution in [0.1, 0.15) is 0 Å². The van der Waals surface area contributed by atoms with E-state index in [0.29, 0.717) is 9.99 Å². The summed E-state index contributed by atoms with van der Waals surface area (Å²) in [6.07, 6.45) is 1.42. The van der Waals surface area contributed by atoms with Gasteiger partial charge in [-0.3, -0.25) is 4.98 Å². The summed E-state index contributed by atoms with van der Waals surface area (Å²) in [4.78, 5) is 3.98. The molecule has 0 radical (unpaired) electrons. The van der Waals surface area contributed by atoms with Crippen LogP contribution in [0.15, 0.2) is 22.8 Å². The molecule has 0 aliphatic rings. The molecule has 0 aliphatic carbocycles. The van der Waals surface area contributed by atoms with Crippen LogP contribution in [0.3, 0.4) is 0 Å². The predicted octanol–water partition coefficient (Wildman–Crippen LogP) is 2.30. The quantitative estimate of drug-likeness (QED) is 0.760. The fraction of sp³-hybridized carbons (Fsp3) is 0.